The summed E-state index contributed by atoms with van der Waals surface area (Å²) in [7, 11) is 0. The van der Waals surface area contributed by atoms with E-state index in [2.05, 4.69) is 45.0 Å². The van der Waals surface area contributed by atoms with Gasteiger partial charge in [0.2, 0.25) is 11.7 Å². The second kappa shape index (κ2) is 13.5. The molecule has 2 aromatic carbocycles. The maximum atomic E-state index is 13.4. The number of hydrogen-bond donors (Lipinski definition) is 2. The molecule has 0 unspecified atom stereocenters. The third-order valence-corrected chi connectivity index (χ3v) is 6.66. The summed E-state index contributed by atoms with van der Waals surface area (Å²) in [5, 5.41) is 4.93. The van der Waals surface area contributed by atoms with Gasteiger partial charge in [-0.1, -0.05) is 66.7 Å². The standard InChI is InChI=1S/C31H36N6O2/c1-23-14-15-28(25(3)34-23)21-32-29(38)22-37-24(2)20-33-30(31(37)39)35-36(18-16-26-10-6-4-7-11-26)19-17-27-12-8-5-9-13-27/h4-15,20H,16-19,21-22H2,1-3H3,(H,32,38)(H,33,35). The van der Waals surface area contributed by atoms with Crippen LogP contribution in [0.2, 0.25) is 0 Å². The van der Waals surface area contributed by atoms with Crippen molar-refractivity contribution in [3.05, 3.63) is 123 Å². The molecule has 4 aromatic rings. The fourth-order valence-electron chi connectivity index (χ4n) is 4.33. The summed E-state index contributed by atoms with van der Waals surface area (Å²) in [5.41, 5.74) is 8.73. The number of rotatable bonds is 12. The van der Waals surface area contributed by atoms with E-state index < -0.39 is 0 Å². The number of hydrazine groups is 1. The number of anilines is 1. The van der Waals surface area contributed by atoms with Crippen molar-refractivity contribution in [3.8, 4) is 0 Å². The first-order valence-electron chi connectivity index (χ1n) is 13.2. The summed E-state index contributed by atoms with van der Waals surface area (Å²) in [6.07, 6.45) is 3.26. The lowest BCUT2D eigenvalue weighted by molar-refractivity contribution is -0.121. The minimum Gasteiger partial charge on any atom is -0.350 e. The maximum Gasteiger partial charge on any atom is 0.295 e. The number of aryl methyl sites for hydroxylation is 3. The fraction of sp³-hybridized carbons (Fsp3) is 0.290. The molecule has 1 amide bonds. The van der Waals surface area contributed by atoms with Gasteiger partial charge in [-0.05, 0) is 56.4 Å². The van der Waals surface area contributed by atoms with Gasteiger partial charge in [-0.15, -0.1) is 0 Å². The Hall–Kier alpha value is -4.30. The number of carbonyl (C=O) groups is 1. The molecule has 0 fully saturated rings. The molecule has 0 aliphatic heterocycles. The highest BCUT2D eigenvalue weighted by atomic mass is 16.2. The quantitative estimate of drug-likeness (QED) is 0.272. The Balaban J connectivity index is 1.45. The predicted molar refractivity (Wildman–Crippen MR) is 154 cm³/mol. The van der Waals surface area contributed by atoms with Crippen molar-refractivity contribution in [2.24, 2.45) is 0 Å². The SMILES string of the molecule is Cc1ccc(CNC(=O)Cn2c(C)cnc(NN(CCc3ccccc3)CCc3ccccc3)c2=O)c(C)n1. The molecule has 4 rings (SSSR count). The number of nitrogens with zero attached hydrogens (tertiary/aromatic N) is 4. The Kier molecular flexibility index (Phi) is 9.58. The molecule has 0 radical (unpaired) electrons. The summed E-state index contributed by atoms with van der Waals surface area (Å²) in [5.74, 6) is -0.0459. The van der Waals surface area contributed by atoms with Crippen LogP contribution in [-0.2, 0) is 30.7 Å². The molecule has 0 saturated heterocycles. The average molecular weight is 525 g/mol. The highest BCUT2D eigenvalue weighted by Crippen LogP contribution is 2.08. The number of aromatic nitrogens is 3. The number of carbonyl (C=O) groups excluding carboxylic acids is 1. The van der Waals surface area contributed by atoms with Gasteiger partial charge in [0, 0.05) is 42.9 Å². The van der Waals surface area contributed by atoms with E-state index in [9.17, 15) is 9.59 Å². The van der Waals surface area contributed by atoms with Crippen LogP contribution >= 0.6 is 0 Å². The van der Waals surface area contributed by atoms with Gasteiger partial charge in [0.1, 0.15) is 6.54 Å². The molecular formula is C31H36N6O2. The third kappa shape index (κ3) is 8.09. The van der Waals surface area contributed by atoms with Gasteiger partial charge in [0.05, 0.1) is 0 Å². The summed E-state index contributed by atoms with van der Waals surface area (Å²) >= 11 is 0. The highest BCUT2D eigenvalue weighted by Gasteiger charge is 2.15. The number of hydrogen-bond acceptors (Lipinski definition) is 6. The fourth-order valence-corrected chi connectivity index (χ4v) is 4.33. The summed E-state index contributed by atoms with van der Waals surface area (Å²) in [6, 6.07) is 24.4. The lowest BCUT2D eigenvalue weighted by Crippen LogP contribution is -2.39. The van der Waals surface area contributed by atoms with Gasteiger partial charge in [-0.2, -0.15) is 0 Å². The second-order valence-corrected chi connectivity index (χ2v) is 9.68. The van der Waals surface area contributed by atoms with Crippen molar-refractivity contribution in [2.75, 3.05) is 18.5 Å². The molecule has 2 aromatic heterocycles. The van der Waals surface area contributed by atoms with Crippen molar-refractivity contribution in [3.63, 3.8) is 0 Å². The molecule has 0 saturated carbocycles. The minimum absolute atomic E-state index is 0.0891. The minimum atomic E-state index is -0.331. The van der Waals surface area contributed by atoms with Gasteiger partial charge in [0.25, 0.3) is 5.56 Å². The molecule has 8 heteroatoms. The van der Waals surface area contributed by atoms with Gasteiger partial charge in [-0.3, -0.25) is 24.6 Å². The average Bonchev–Trinajstić information content (AvgIpc) is 2.94. The summed E-state index contributed by atoms with van der Waals surface area (Å²) in [4.78, 5) is 35.0. The zero-order valence-electron chi connectivity index (χ0n) is 22.9. The van der Waals surface area contributed by atoms with Crippen molar-refractivity contribution >= 4 is 11.7 Å². The van der Waals surface area contributed by atoms with Crippen LogP contribution in [-0.4, -0.2) is 38.5 Å². The van der Waals surface area contributed by atoms with E-state index in [0.717, 1.165) is 29.8 Å². The topological polar surface area (TPSA) is 92.2 Å². The lowest BCUT2D eigenvalue weighted by Gasteiger charge is -2.24. The van der Waals surface area contributed by atoms with Crippen LogP contribution < -0.4 is 16.3 Å². The maximum absolute atomic E-state index is 13.4. The van der Waals surface area contributed by atoms with Crippen molar-refractivity contribution in [2.45, 2.75) is 46.7 Å². The molecule has 202 valence electrons. The Morgan fingerprint density at radius 1 is 0.872 bits per heavy atom. The molecule has 2 heterocycles. The van der Waals surface area contributed by atoms with E-state index >= 15 is 0 Å². The lowest BCUT2D eigenvalue weighted by atomic mass is 10.1. The van der Waals surface area contributed by atoms with Crippen molar-refractivity contribution in [1.29, 1.82) is 0 Å². The first kappa shape index (κ1) is 27.7. The smallest absolute Gasteiger partial charge is 0.295 e. The van der Waals surface area contributed by atoms with Gasteiger partial charge in [-0.25, -0.2) is 9.99 Å². The van der Waals surface area contributed by atoms with Gasteiger partial charge in [0.15, 0.2) is 0 Å². The number of pyridine rings is 1. The monoisotopic (exact) mass is 524 g/mol. The summed E-state index contributed by atoms with van der Waals surface area (Å²) < 4.78 is 1.46. The largest absolute Gasteiger partial charge is 0.350 e. The first-order chi connectivity index (χ1) is 18.9. The molecule has 2 N–H and O–H groups in total. The second-order valence-electron chi connectivity index (χ2n) is 9.68. The Labute approximate surface area is 229 Å². The first-order valence-corrected chi connectivity index (χ1v) is 13.2. The molecule has 0 aliphatic carbocycles. The van der Waals surface area contributed by atoms with Gasteiger partial charge >= 0.3 is 0 Å². The Morgan fingerprint density at radius 2 is 1.49 bits per heavy atom. The molecule has 0 aliphatic rings. The van der Waals surface area contributed by atoms with E-state index in [-0.39, 0.29) is 23.8 Å². The molecule has 0 atom stereocenters. The van der Waals surface area contributed by atoms with Crippen LogP contribution in [0.1, 0.15) is 33.8 Å². The molecule has 39 heavy (non-hydrogen) atoms. The Morgan fingerprint density at radius 3 is 2.08 bits per heavy atom. The van der Waals surface area contributed by atoms with Crippen LogP contribution in [0.15, 0.2) is 83.8 Å². The molecular weight excluding hydrogens is 488 g/mol. The predicted octanol–water partition coefficient (Wildman–Crippen LogP) is 3.99. The third-order valence-electron chi connectivity index (χ3n) is 6.66. The number of nitrogens with one attached hydrogen (secondary N) is 2. The van der Waals surface area contributed by atoms with Gasteiger partial charge < -0.3 is 5.32 Å². The zero-order chi connectivity index (χ0) is 27.6. The highest BCUT2D eigenvalue weighted by molar-refractivity contribution is 5.75. The zero-order valence-corrected chi connectivity index (χ0v) is 22.9. The Bertz CT molecular complexity index is 1390. The van der Waals surface area contributed by atoms with E-state index in [1.165, 1.54) is 15.7 Å². The van der Waals surface area contributed by atoms with Crippen molar-refractivity contribution in [1.82, 2.24) is 24.9 Å². The van der Waals surface area contributed by atoms with Crippen LogP contribution in [0.3, 0.4) is 0 Å². The van der Waals surface area contributed by atoms with Crippen molar-refractivity contribution < 1.29 is 4.79 Å². The van der Waals surface area contributed by atoms with E-state index in [4.69, 9.17) is 0 Å². The van der Waals surface area contributed by atoms with Crippen LogP contribution in [0.4, 0.5) is 5.82 Å². The van der Waals surface area contributed by atoms with Crippen LogP contribution in [0.5, 0.6) is 0 Å². The van der Waals surface area contributed by atoms with E-state index in [0.29, 0.717) is 25.3 Å². The molecule has 0 bridgehead atoms. The normalized spacial score (nSPS) is 11.0. The summed E-state index contributed by atoms with van der Waals surface area (Å²) in [6.45, 7) is 7.28. The van der Waals surface area contributed by atoms with E-state index in [1.807, 2.05) is 67.4 Å². The number of benzene rings is 2. The van der Waals surface area contributed by atoms with E-state index in [1.54, 1.807) is 13.1 Å². The number of amides is 1. The van der Waals surface area contributed by atoms with Crippen LogP contribution in [0, 0.1) is 20.8 Å². The van der Waals surface area contributed by atoms with Crippen LogP contribution in [0.25, 0.3) is 0 Å². The molecule has 8 nitrogen and oxygen atoms in total. The molecule has 0 spiro atoms.